The first kappa shape index (κ1) is 10.9. The second-order valence-electron chi connectivity index (χ2n) is 3.47. The molecule has 0 heterocycles. The highest BCUT2D eigenvalue weighted by atomic mass is 32.1. The molecule has 0 aromatic heterocycles. The Morgan fingerprint density at radius 1 is 1.36 bits per heavy atom. The van der Waals surface area contributed by atoms with Crippen LogP contribution >= 0.6 is 12.6 Å². The predicted molar refractivity (Wildman–Crippen MR) is 57.6 cm³/mol. The Morgan fingerprint density at radius 3 is 2.29 bits per heavy atom. The number of hydrogen-bond donors (Lipinski definition) is 2. The number of carbonyl (C=O) groups is 1. The van der Waals surface area contributed by atoms with Gasteiger partial charge < -0.3 is 10.5 Å². The van der Waals surface area contributed by atoms with Crippen molar-refractivity contribution in [3.8, 4) is 5.75 Å². The van der Waals surface area contributed by atoms with E-state index >= 15 is 0 Å². The molecular weight excluding hydrogens is 198 g/mol. The van der Waals surface area contributed by atoms with Crippen molar-refractivity contribution in [2.45, 2.75) is 24.3 Å². The van der Waals surface area contributed by atoms with Gasteiger partial charge in [-0.2, -0.15) is 0 Å². The number of primary amides is 1. The van der Waals surface area contributed by atoms with E-state index in [1.54, 1.807) is 38.1 Å². The van der Waals surface area contributed by atoms with Crippen LogP contribution in [0.3, 0.4) is 0 Å². The number of benzene rings is 1. The molecule has 0 aliphatic rings. The van der Waals surface area contributed by atoms with Gasteiger partial charge >= 0.3 is 0 Å². The van der Waals surface area contributed by atoms with E-state index in [0.717, 1.165) is 4.90 Å². The van der Waals surface area contributed by atoms with Gasteiger partial charge in [-0.05, 0) is 38.1 Å². The van der Waals surface area contributed by atoms with E-state index in [1.807, 2.05) is 0 Å². The van der Waals surface area contributed by atoms with E-state index in [4.69, 9.17) is 10.5 Å². The van der Waals surface area contributed by atoms with Crippen LogP contribution in [0.2, 0.25) is 0 Å². The fourth-order valence-electron chi connectivity index (χ4n) is 0.859. The third-order valence-electron chi connectivity index (χ3n) is 1.80. The van der Waals surface area contributed by atoms with Crippen LogP contribution in [-0.4, -0.2) is 11.5 Å². The zero-order chi connectivity index (χ0) is 10.8. The number of amides is 1. The Bertz CT molecular complexity index is 332. The summed E-state index contributed by atoms with van der Waals surface area (Å²) in [5.74, 6) is 0.110. The van der Waals surface area contributed by atoms with E-state index in [0.29, 0.717) is 5.75 Å². The minimum absolute atomic E-state index is 0.493. The number of rotatable bonds is 3. The molecule has 3 nitrogen and oxygen atoms in total. The summed E-state index contributed by atoms with van der Waals surface area (Å²) in [4.78, 5) is 11.8. The molecule has 1 rings (SSSR count). The Labute approximate surface area is 88.7 Å². The van der Waals surface area contributed by atoms with Crippen molar-refractivity contribution < 1.29 is 9.53 Å². The van der Waals surface area contributed by atoms with Crippen molar-refractivity contribution in [2.75, 3.05) is 0 Å². The summed E-state index contributed by atoms with van der Waals surface area (Å²) in [6, 6.07) is 7.06. The zero-order valence-electron chi connectivity index (χ0n) is 8.15. The summed E-state index contributed by atoms with van der Waals surface area (Å²) in [7, 11) is 0. The maximum atomic E-state index is 11.0. The van der Waals surface area contributed by atoms with Gasteiger partial charge in [0.05, 0.1) is 0 Å². The Kier molecular flexibility index (Phi) is 3.06. The molecule has 0 atom stereocenters. The van der Waals surface area contributed by atoms with Crippen molar-refractivity contribution in [1.29, 1.82) is 0 Å². The molecule has 0 spiro atoms. The van der Waals surface area contributed by atoms with Gasteiger partial charge in [-0.25, -0.2) is 0 Å². The normalized spacial score (nSPS) is 11.1. The molecule has 4 heteroatoms. The third kappa shape index (κ3) is 2.67. The molecule has 1 aromatic rings. The first-order valence-corrected chi connectivity index (χ1v) is 4.64. The van der Waals surface area contributed by atoms with E-state index in [2.05, 4.69) is 12.6 Å². The summed E-state index contributed by atoms with van der Waals surface area (Å²) in [6.07, 6.45) is 0. The van der Waals surface area contributed by atoms with Gasteiger partial charge in [0.15, 0.2) is 5.60 Å². The predicted octanol–water partition coefficient (Wildman–Crippen LogP) is 1.62. The minimum Gasteiger partial charge on any atom is -0.478 e. The topological polar surface area (TPSA) is 52.3 Å². The smallest absolute Gasteiger partial charge is 0.261 e. The van der Waals surface area contributed by atoms with Gasteiger partial charge in [0.1, 0.15) is 5.75 Å². The van der Waals surface area contributed by atoms with Crippen molar-refractivity contribution in [3.63, 3.8) is 0 Å². The fraction of sp³-hybridized carbons (Fsp3) is 0.300. The van der Waals surface area contributed by atoms with E-state index in [9.17, 15) is 4.79 Å². The van der Waals surface area contributed by atoms with Crippen molar-refractivity contribution in [3.05, 3.63) is 24.3 Å². The lowest BCUT2D eigenvalue weighted by atomic mass is 10.1. The van der Waals surface area contributed by atoms with E-state index in [-0.39, 0.29) is 0 Å². The van der Waals surface area contributed by atoms with Gasteiger partial charge in [0.2, 0.25) is 0 Å². The van der Waals surface area contributed by atoms with Gasteiger partial charge in [-0.3, -0.25) is 4.79 Å². The molecule has 0 saturated carbocycles. The zero-order valence-corrected chi connectivity index (χ0v) is 9.04. The molecule has 0 aliphatic carbocycles. The number of thiol groups is 1. The van der Waals surface area contributed by atoms with Gasteiger partial charge in [-0.1, -0.05) is 0 Å². The molecule has 1 aromatic carbocycles. The quantitative estimate of drug-likeness (QED) is 0.746. The highest BCUT2D eigenvalue weighted by Gasteiger charge is 2.26. The average molecular weight is 211 g/mol. The molecule has 0 aliphatic heterocycles. The molecule has 14 heavy (non-hydrogen) atoms. The molecule has 0 unspecified atom stereocenters. The largest absolute Gasteiger partial charge is 0.478 e. The molecule has 2 N–H and O–H groups in total. The first-order valence-electron chi connectivity index (χ1n) is 4.20. The van der Waals surface area contributed by atoms with Crippen LogP contribution in [-0.2, 0) is 4.79 Å². The van der Waals surface area contributed by atoms with Gasteiger partial charge in [0, 0.05) is 4.90 Å². The van der Waals surface area contributed by atoms with Crippen LogP contribution in [0.15, 0.2) is 29.2 Å². The summed E-state index contributed by atoms with van der Waals surface area (Å²) >= 11 is 4.14. The summed E-state index contributed by atoms with van der Waals surface area (Å²) in [5.41, 5.74) is 4.18. The molecule has 0 fully saturated rings. The average Bonchev–Trinajstić information content (AvgIpc) is 2.08. The summed E-state index contributed by atoms with van der Waals surface area (Å²) < 4.78 is 5.41. The number of hydrogen-bond acceptors (Lipinski definition) is 3. The second kappa shape index (κ2) is 3.92. The van der Waals surface area contributed by atoms with E-state index < -0.39 is 11.5 Å². The fourth-order valence-corrected chi connectivity index (χ4v) is 1.01. The number of ether oxygens (including phenoxy) is 1. The van der Waals surface area contributed by atoms with Crippen LogP contribution in [0, 0.1) is 0 Å². The molecule has 76 valence electrons. The van der Waals surface area contributed by atoms with Gasteiger partial charge in [0.25, 0.3) is 5.91 Å². The maximum Gasteiger partial charge on any atom is 0.261 e. The summed E-state index contributed by atoms with van der Waals surface area (Å²) in [5, 5.41) is 0. The molecular formula is C10H13NO2S. The third-order valence-corrected chi connectivity index (χ3v) is 2.10. The molecule has 0 radical (unpaired) electrons. The molecule has 0 bridgehead atoms. The van der Waals surface area contributed by atoms with Crippen LogP contribution in [0.25, 0.3) is 0 Å². The molecule has 1 amide bonds. The Hall–Kier alpha value is -1.16. The van der Waals surface area contributed by atoms with Crippen molar-refractivity contribution >= 4 is 18.5 Å². The van der Waals surface area contributed by atoms with Crippen LogP contribution in [0.1, 0.15) is 13.8 Å². The summed E-state index contributed by atoms with van der Waals surface area (Å²) in [6.45, 7) is 3.26. The van der Waals surface area contributed by atoms with Crippen LogP contribution in [0.4, 0.5) is 0 Å². The first-order chi connectivity index (χ1) is 6.42. The number of carbonyl (C=O) groups excluding carboxylic acids is 1. The maximum absolute atomic E-state index is 11.0. The van der Waals surface area contributed by atoms with Crippen LogP contribution < -0.4 is 10.5 Å². The lowest BCUT2D eigenvalue weighted by Crippen LogP contribution is -2.43. The number of nitrogens with two attached hydrogens (primary N) is 1. The van der Waals surface area contributed by atoms with Crippen molar-refractivity contribution in [1.82, 2.24) is 0 Å². The Balaban J connectivity index is 2.79. The lowest BCUT2D eigenvalue weighted by Gasteiger charge is -2.22. The van der Waals surface area contributed by atoms with Crippen LogP contribution in [0.5, 0.6) is 5.75 Å². The molecule has 0 saturated heterocycles. The second-order valence-corrected chi connectivity index (χ2v) is 3.99. The highest BCUT2D eigenvalue weighted by molar-refractivity contribution is 7.80. The monoisotopic (exact) mass is 211 g/mol. The lowest BCUT2D eigenvalue weighted by molar-refractivity contribution is -0.130. The van der Waals surface area contributed by atoms with Gasteiger partial charge in [-0.15, -0.1) is 12.6 Å². The Morgan fingerprint density at radius 2 is 1.86 bits per heavy atom. The highest BCUT2D eigenvalue weighted by Crippen LogP contribution is 2.19. The SMILES string of the molecule is CC(C)(Oc1ccc(S)cc1)C(N)=O. The van der Waals surface area contributed by atoms with Crippen molar-refractivity contribution in [2.24, 2.45) is 5.73 Å². The standard InChI is InChI=1S/C10H13NO2S/c1-10(2,9(11)12)13-7-3-5-8(14)6-4-7/h3-6,14H,1-2H3,(H2,11,12). The minimum atomic E-state index is -0.988. The van der Waals surface area contributed by atoms with E-state index in [1.165, 1.54) is 0 Å².